The van der Waals surface area contributed by atoms with Gasteiger partial charge in [-0.2, -0.15) is 0 Å². The van der Waals surface area contributed by atoms with Gasteiger partial charge in [0.05, 0.1) is 6.54 Å². The molecule has 0 saturated carbocycles. The first kappa shape index (κ1) is 18.1. The molecule has 1 aliphatic rings. The van der Waals surface area contributed by atoms with Gasteiger partial charge in [0, 0.05) is 23.5 Å². The third kappa shape index (κ3) is 4.69. The van der Waals surface area contributed by atoms with Crippen LogP contribution >= 0.6 is 0 Å². The smallest absolute Gasteiger partial charge is 0.317 e. The highest BCUT2D eigenvalue weighted by atomic mass is 16.5. The minimum absolute atomic E-state index is 0.0588. The molecule has 1 fully saturated rings. The van der Waals surface area contributed by atoms with Gasteiger partial charge in [-0.15, -0.1) is 0 Å². The normalized spacial score (nSPS) is 17.9. The number of aryl methyl sites for hydroxylation is 2. The van der Waals surface area contributed by atoms with E-state index in [0.29, 0.717) is 12.6 Å². The van der Waals surface area contributed by atoms with Crippen molar-refractivity contribution in [3.63, 3.8) is 0 Å². The van der Waals surface area contributed by atoms with Gasteiger partial charge in [-0.25, -0.2) is 9.97 Å². The molecule has 5 heteroatoms. The fraction of sp³-hybridized carbons (Fsp3) is 0.381. The van der Waals surface area contributed by atoms with Gasteiger partial charge in [0.15, 0.2) is 0 Å². The van der Waals surface area contributed by atoms with Crippen molar-refractivity contribution in [2.45, 2.75) is 39.7 Å². The Labute approximate surface area is 154 Å². The maximum atomic E-state index is 12.8. The van der Waals surface area contributed by atoms with E-state index in [0.717, 1.165) is 41.9 Å². The third-order valence-electron chi connectivity index (χ3n) is 4.42. The van der Waals surface area contributed by atoms with E-state index in [1.54, 1.807) is 0 Å². The first-order valence-corrected chi connectivity index (χ1v) is 9.03. The van der Waals surface area contributed by atoms with Crippen molar-refractivity contribution in [2.24, 2.45) is 0 Å². The minimum atomic E-state index is -0.0709. The minimum Gasteiger partial charge on any atom is -0.458 e. The number of hydrogen-bond donors (Lipinski definition) is 0. The average Bonchev–Trinajstić information content (AvgIpc) is 2.61. The van der Waals surface area contributed by atoms with Gasteiger partial charge in [-0.1, -0.05) is 30.3 Å². The number of nitrogens with zero attached hydrogens (tertiary/aromatic N) is 3. The Kier molecular flexibility index (Phi) is 5.66. The van der Waals surface area contributed by atoms with E-state index in [-0.39, 0.29) is 12.0 Å². The first-order valence-electron chi connectivity index (χ1n) is 9.03. The summed E-state index contributed by atoms with van der Waals surface area (Å²) in [6, 6.07) is 12.2. The molecule has 2 aromatic rings. The Balaban J connectivity index is 1.66. The van der Waals surface area contributed by atoms with Crippen LogP contribution in [0.25, 0.3) is 6.08 Å². The lowest BCUT2D eigenvalue weighted by Crippen LogP contribution is -2.44. The fourth-order valence-corrected chi connectivity index (χ4v) is 3.22. The number of benzene rings is 1. The van der Waals surface area contributed by atoms with E-state index < -0.39 is 0 Å². The van der Waals surface area contributed by atoms with Gasteiger partial charge < -0.3 is 9.64 Å². The Hall–Kier alpha value is -2.69. The van der Waals surface area contributed by atoms with E-state index in [2.05, 4.69) is 9.97 Å². The summed E-state index contributed by atoms with van der Waals surface area (Å²) in [5.74, 6) is 0.0588. The van der Waals surface area contributed by atoms with Crippen LogP contribution in [0, 0.1) is 13.8 Å². The van der Waals surface area contributed by atoms with Gasteiger partial charge >= 0.3 is 6.01 Å². The third-order valence-corrected chi connectivity index (χ3v) is 4.42. The molecule has 1 aromatic carbocycles. The zero-order chi connectivity index (χ0) is 18.5. The van der Waals surface area contributed by atoms with E-state index >= 15 is 0 Å². The topological polar surface area (TPSA) is 55.3 Å². The van der Waals surface area contributed by atoms with Crippen molar-refractivity contribution in [3.05, 3.63) is 58.9 Å². The number of ether oxygens (including phenoxy) is 1. The maximum Gasteiger partial charge on any atom is 0.317 e. The van der Waals surface area contributed by atoms with Crippen molar-refractivity contribution in [2.75, 3.05) is 13.1 Å². The summed E-state index contributed by atoms with van der Waals surface area (Å²) in [5, 5.41) is 0. The number of rotatable bonds is 4. The molecule has 1 amide bonds. The summed E-state index contributed by atoms with van der Waals surface area (Å²) in [4.78, 5) is 23.3. The number of likely N-dealkylation sites (tertiary alicyclic amines) is 1. The molecule has 136 valence electrons. The highest BCUT2D eigenvalue weighted by Gasteiger charge is 2.26. The number of carbonyl (C=O) groups is 1. The summed E-state index contributed by atoms with van der Waals surface area (Å²) in [5.41, 5.74) is 3.54. The Morgan fingerprint density at radius 3 is 2.58 bits per heavy atom. The predicted molar refractivity (Wildman–Crippen MR) is 102 cm³/mol. The van der Waals surface area contributed by atoms with Crippen molar-refractivity contribution in [1.29, 1.82) is 0 Å². The maximum absolute atomic E-state index is 12.8. The standard InChI is InChI=1S/C21H25N3O2/c1-15(12-18-8-5-4-6-9-18)20(25)24-11-7-10-19(14-24)26-21-22-16(2)13-17(3)23-21/h4-6,8-9,12-13,19H,7,10-11,14H2,1-3H3/b15-12+. The average molecular weight is 351 g/mol. The number of amides is 1. The Morgan fingerprint density at radius 1 is 1.19 bits per heavy atom. The lowest BCUT2D eigenvalue weighted by molar-refractivity contribution is -0.129. The van der Waals surface area contributed by atoms with Crippen molar-refractivity contribution in [3.8, 4) is 6.01 Å². The largest absolute Gasteiger partial charge is 0.458 e. The quantitative estimate of drug-likeness (QED) is 0.790. The summed E-state index contributed by atoms with van der Waals surface area (Å²) in [6.07, 6.45) is 3.68. The van der Waals surface area contributed by atoms with Crippen LogP contribution in [-0.2, 0) is 4.79 Å². The van der Waals surface area contributed by atoms with Crippen LogP contribution in [-0.4, -0.2) is 40.0 Å². The summed E-state index contributed by atoms with van der Waals surface area (Å²) in [7, 11) is 0. The van der Waals surface area contributed by atoms with Crippen LogP contribution in [0.5, 0.6) is 6.01 Å². The van der Waals surface area contributed by atoms with Gasteiger partial charge in [-0.05, 0) is 51.3 Å². The van der Waals surface area contributed by atoms with Crippen LogP contribution in [0.3, 0.4) is 0 Å². The van der Waals surface area contributed by atoms with Gasteiger partial charge in [0.2, 0.25) is 5.91 Å². The molecular formula is C21H25N3O2. The lowest BCUT2D eigenvalue weighted by atomic mass is 10.1. The second-order valence-electron chi connectivity index (χ2n) is 6.80. The van der Waals surface area contributed by atoms with Crippen molar-refractivity contribution < 1.29 is 9.53 Å². The molecule has 0 spiro atoms. The van der Waals surface area contributed by atoms with Crippen molar-refractivity contribution >= 4 is 12.0 Å². The molecule has 5 nitrogen and oxygen atoms in total. The molecule has 1 atom stereocenters. The van der Waals surface area contributed by atoms with E-state index in [1.165, 1.54) is 0 Å². The molecule has 0 radical (unpaired) electrons. The number of aromatic nitrogens is 2. The number of carbonyl (C=O) groups excluding carboxylic acids is 1. The van der Waals surface area contributed by atoms with Crippen LogP contribution in [0.15, 0.2) is 42.0 Å². The number of hydrogen-bond acceptors (Lipinski definition) is 4. The SMILES string of the molecule is C/C(=C\c1ccccc1)C(=O)N1CCCC(Oc2nc(C)cc(C)n2)C1. The van der Waals surface area contributed by atoms with Gasteiger partial charge in [0.1, 0.15) is 6.10 Å². The molecule has 1 aromatic heterocycles. The van der Waals surface area contributed by atoms with Gasteiger partial charge in [-0.3, -0.25) is 4.79 Å². The van der Waals surface area contributed by atoms with Crippen LogP contribution in [0.4, 0.5) is 0 Å². The fourth-order valence-electron chi connectivity index (χ4n) is 3.22. The van der Waals surface area contributed by atoms with E-state index in [1.807, 2.05) is 68.1 Å². The zero-order valence-corrected chi connectivity index (χ0v) is 15.6. The molecule has 1 saturated heterocycles. The summed E-state index contributed by atoms with van der Waals surface area (Å²) >= 11 is 0. The monoisotopic (exact) mass is 351 g/mol. The molecule has 1 aliphatic heterocycles. The number of piperidine rings is 1. The molecule has 1 unspecified atom stereocenters. The first-order chi connectivity index (χ1) is 12.5. The van der Waals surface area contributed by atoms with Crippen LogP contribution < -0.4 is 4.74 Å². The van der Waals surface area contributed by atoms with Crippen LogP contribution in [0.2, 0.25) is 0 Å². The van der Waals surface area contributed by atoms with Crippen LogP contribution in [0.1, 0.15) is 36.7 Å². The van der Waals surface area contributed by atoms with E-state index in [4.69, 9.17) is 4.74 Å². The molecular weight excluding hydrogens is 326 g/mol. The Bertz CT molecular complexity index is 782. The second-order valence-corrected chi connectivity index (χ2v) is 6.80. The molecule has 26 heavy (non-hydrogen) atoms. The Morgan fingerprint density at radius 2 is 1.88 bits per heavy atom. The molecule has 0 aliphatic carbocycles. The van der Waals surface area contributed by atoms with E-state index in [9.17, 15) is 4.79 Å². The highest BCUT2D eigenvalue weighted by Crippen LogP contribution is 2.18. The highest BCUT2D eigenvalue weighted by molar-refractivity contribution is 5.97. The molecule has 3 rings (SSSR count). The molecule has 2 heterocycles. The molecule has 0 bridgehead atoms. The summed E-state index contributed by atoms with van der Waals surface area (Å²) < 4.78 is 5.96. The van der Waals surface area contributed by atoms with Gasteiger partial charge in [0.25, 0.3) is 0 Å². The lowest BCUT2D eigenvalue weighted by Gasteiger charge is -2.32. The second kappa shape index (κ2) is 8.13. The summed E-state index contributed by atoms with van der Waals surface area (Å²) in [6.45, 7) is 7.04. The molecule has 0 N–H and O–H groups in total. The predicted octanol–water partition coefficient (Wildman–Crippen LogP) is 3.57. The van der Waals surface area contributed by atoms with Crippen molar-refractivity contribution in [1.82, 2.24) is 14.9 Å². The zero-order valence-electron chi connectivity index (χ0n) is 15.6.